The number of piperidine rings is 1. The molecule has 0 saturated carbocycles. The fraction of sp³-hybridized carbons (Fsp3) is 0.786. The van der Waals surface area contributed by atoms with Crippen molar-refractivity contribution in [3.05, 3.63) is 16.1 Å². The van der Waals surface area contributed by atoms with Gasteiger partial charge in [0.05, 0.1) is 12.2 Å². The van der Waals surface area contributed by atoms with Crippen LogP contribution in [0.1, 0.15) is 51.2 Å². The summed E-state index contributed by atoms with van der Waals surface area (Å²) in [6, 6.07) is 0. The lowest BCUT2D eigenvalue weighted by molar-refractivity contribution is 0.185. The summed E-state index contributed by atoms with van der Waals surface area (Å²) < 4.78 is 0. The van der Waals surface area contributed by atoms with Crippen molar-refractivity contribution < 1.29 is 0 Å². The second kappa shape index (κ2) is 5.07. The Balaban J connectivity index is 1.93. The average molecular weight is 252 g/mol. The highest BCUT2D eigenvalue weighted by Gasteiger charge is 2.20. The van der Waals surface area contributed by atoms with E-state index >= 15 is 0 Å². The van der Waals surface area contributed by atoms with E-state index in [9.17, 15) is 0 Å². The molecule has 1 saturated heterocycles. The van der Waals surface area contributed by atoms with Crippen molar-refractivity contribution in [2.75, 3.05) is 13.1 Å². The van der Waals surface area contributed by atoms with E-state index in [0.717, 1.165) is 12.5 Å². The van der Waals surface area contributed by atoms with Gasteiger partial charge in [-0.15, -0.1) is 11.3 Å². The number of rotatable bonds is 2. The average Bonchev–Trinajstić information content (AvgIpc) is 2.69. The highest BCUT2D eigenvalue weighted by atomic mass is 32.1. The standard InChI is InChI=1S/C14H24N2S/c1-11-5-7-16(8-6-11)9-13-15-12(10-17-13)14(2,3)4/h10-11H,5-9H2,1-4H3. The van der Waals surface area contributed by atoms with E-state index in [-0.39, 0.29) is 5.41 Å². The summed E-state index contributed by atoms with van der Waals surface area (Å²) in [6.45, 7) is 12.6. The van der Waals surface area contributed by atoms with E-state index in [2.05, 4.69) is 38.0 Å². The third-order valence-corrected chi connectivity index (χ3v) is 4.39. The van der Waals surface area contributed by atoms with Crippen molar-refractivity contribution in [2.45, 2.75) is 52.5 Å². The molecule has 1 aromatic rings. The van der Waals surface area contributed by atoms with Crippen molar-refractivity contribution >= 4 is 11.3 Å². The Hall–Kier alpha value is -0.410. The first-order valence-electron chi connectivity index (χ1n) is 6.62. The molecule has 2 nitrogen and oxygen atoms in total. The van der Waals surface area contributed by atoms with E-state index in [1.165, 1.54) is 36.6 Å². The van der Waals surface area contributed by atoms with E-state index in [4.69, 9.17) is 4.98 Å². The summed E-state index contributed by atoms with van der Waals surface area (Å²) in [5.41, 5.74) is 1.42. The molecule has 17 heavy (non-hydrogen) atoms. The monoisotopic (exact) mass is 252 g/mol. The Bertz CT molecular complexity index is 357. The van der Waals surface area contributed by atoms with Crippen molar-refractivity contribution in [1.82, 2.24) is 9.88 Å². The number of thiazole rings is 1. The van der Waals surface area contributed by atoms with Crippen molar-refractivity contribution in [3.63, 3.8) is 0 Å². The van der Waals surface area contributed by atoms with Gasteiger partial charge in [-0.25, -0.2) is 4.98 Å². The second-order valence-corrected chi connectivity index (χ2v) is 7.28. The molecule has 0 unspecified atom stereocenters. The van der Waals surface area contributed by atoms with Gasteiger partial charge in [0, 0.05) is 10.8 Å². The van der Waals surface area contributed by atoms with Crippen LogP contribution in [-0.4, -0.2) is 23.0 Å². The molecule has 0 radical (unpaired) electrons. The number of aromatic nitrogens is 1. The molecule has 0 atom stereocenters. The zero-order valence-electron chi connectivity index (χ0n) is 11.5. The van der Waals surface area contributed by atoms with Gasteiger partial charge in [0.25, 0.3) is 0 Å². The highest BCUT2D eigenvalue weighted by Crippen LogP contribution is 2.25. The largest absolute Gasteiger partial charge is 0.297 e. The molecule has 0 amide bonds. The molecule has 2 heterocycles. The van der Waals surface area contributed by atoms with Crippen LogP contribution in [-0.2, 0) is 12.0 Å². The van der Waals surface area contributed by atoms with Gasteiger partial charge in [-0.3, -0.25) is 4.90 Å². The van der Waals surface area contributed by atoms with Gasteiger partial charge in [0.1, 0.15) is 5.01 Å². The van der Waals surface area contributed by atoms with E-state index in [1.807, 2.05) is 11.3 Å². The number of hydrogen-bond acceptors (Lipinski definition) is 3. The summed E-state index contributed by atoms with van der Waals surface area (Å²) in [7, 11) is 0. The molecular formula is C14H24N2S. The number of hydrogen-bond donors (Lipinski definition) is 0. The van der Waals surface area contributed by atoms with Gasteiger partial charge >= 0.3 is 0 Å². The first kappa shape index (κ1) is 13.0. The third kappa shape index (κ3) is 3.52. The van der Waals surface area contributed by atoms with Gasteiger partial charge in [-0.2, -0.15) is 0 Å². The second-order valence-electron chi connectivity index (χ2n) is 6.34. The molecule has 0 spiro atoms. The van der Waals surface area contributed by atoms with E-state index in [0.29, 0.717) is 0 Å². The Kier molecular flexibility index (Phi) is 3.88. The van der Waals surface area contributed by atoms with Crippen LogP contribution in [0.25, 0.3) is 0 Å². The number of likely N-dealkylation sites (tertiary alicyclic amines) is 1. The summed E-state index contributed by atoms with van der Waals surface area (Å²) in [5.74, 6) is 0.910. The zero-order valence-corrected chi connectivity index (χ0v) is 12.3. The molecule has 0 aromatic carbocycles. The maximum Gasteiger partial charge on any atom is 0.107 e. The Morgan fingerprint density at radius 1 is 1.35 bits per heavy atom. The van der Waals surface area contributed by atoms with Crippen LogP contribution in [0, 0.1) is 5.92 Å². The zero-order chi connectivity index (χ0) is 12.5. The smallest absolute Gasteiger partial charge is 0.107 e. The van der Waals surface area contributed by atoms with Crippen molar-refractivity contribution in [1.29, 1.82) is 0 Å². The van der Waals surface area contributed by atoms with Crippen LogP contribution < -0.4 is 0 Å². The SMILES string of the molecule is CC1CCN(Cc2nc(C(C)(C)C)cs2)CC1. The van der Waals surface area contributed by atoms with Crippen molar-refractivity contribution in [3.8, 4) is 0 Å². The molecule has 0 N–H and O–H groups in total. The maximum absolute atomic E-state index is 4.77. The predicted molar refractivity (Wildman–Crippen MR) is 74.5 cm³/mol. The van der Waals surface area contributed by atoms with Crippen LogP contribution in [0.2, 0.25) is 0 Å². The van der Waals surface area contributed by atoms with Crippen molar-refractivity contribution in [2.24, 2.45) is 5.92 Å². The van der Waals surface area contributed by atoms with Gasteiger partial charge in [-0.1, -0.05) is 27.7 Å². The summed E-state index contributed by atoms with van der Waals surface area (Å²) >= 11 is 1.82. The summed E-state index contributed by atoms with van der Waals surface area (Å²) in [6.07, 6.45) is 2.69. The Morgan fingerprint density at radius 3 is 2.53 bits per heavy atom. The molecule has 0 bridgehead atoms. The Labute approximate surface area is 109 Å². The first-order chi connectivity index (χ1) is 7.95. The topological polar surface area (TPSA) is 16.1 Å². The molecule has 3 heteroatoms. The minimum absolute atomic E-state index is 0.186. The van der Waals surface area contributed by atoms with E-state index in [1.54, 1.807) is 0 Å². The quantitative estimate of drug-likeness (QED) is 0.798. The van der Waals surface area contributed by atoms with E-state index < -0.39 is 0 Å². The van der Waals surface area contributed by atoms with Gasteiger partial charge in [0.2, 0.25) is 0 Å². The lowest BCUT2D eigenvalue weighted by atomic mass is 9.93. The van der Waals surface area contributed by atoms with Crippen LogP contribution in [0.3, 0.4) is 0 Å². The third-order valence-electron chi connectivity index (χ3n) is 3.56. The van der Waals surface area contributed by atoms with Crippen LogP contribution >= 0.6 is 11.3 Å². The molecule has 1 aliphatic heterocycles. The minimum Gasteiger partial charge on any atom is -0.297 e. The van der Waals surface area contributed by atoms with Gasteiger partial charge in [0.15, 0.2) is 0 Å². The fourth-order valence-electron chi connectivity index (χ4n) is 2.14. The molecule has 1 fully saturated rings. The highest BCUT2D eigenvalue weighted by molar-refractivity contribution is 7.09. The van der Waals surface area contributed by atoms with Gasteiger partial charge in [-0.05, 0) is 31.8 Å². The lowest BCUT2D eigenvalue weighted by Gasteiger charge is -2.29. The summed E-state index contributed by atoms with van der Waals surface area (Å²) in [5, 5.41) is 3.51. The first-order valence-corrected chi connectivity index (χ1v) is 7.50. The molecule has 2 rings (SSSR count). The molecular weight excluding hydrogens is 228 g/mol. The van der Waals surface area contributed by atoms with Gasteiger partial charge < -0.3 is 0 Å². The maximum atomic E-state index is 4.77. The fourth-order valence-corrected chi connectivity index (χ4v) is 3.20. The lowest BCUT2D eigenvalue weighted by Crippen LogP contribution is -2.32. The van der Waals surface area contributed by atoms with Crippen LogP contribution in [0.5, 0.6) is 0 Å². The van der Waals surface area contributed by atoms with Crippen LogP contribution in [0.15, 0.2) is 5.38 Å². The molecule has 1 aliphatic rings. The molecule has 96 valence electrons. The molecule has 0 aliphatic carbocycles. The normalized spacial score (nSPS) is 19.8. The molecule has 1 aromatic heterocycles. The Morgan fingerprint density at radius 2 is 2.00 bits per heavy atom. The number of nitrogens with zero attached hydrogens (tertiary/aromatic N) is 2. The van der Waals surface area contributed by atoms with Crippen LogP contribution in [0.4, 0.5) is 0 Å². The minimum atomic E-state index is 0.186. The predicted octanol–water partition coefficient (Wildman–Crippen LogP) is 3.67. The summed E-state index contributed by atoms with van der Waals surface area (Å²) in [4.78, 5) is 7.32.